The van der Waals surface area contributed by atoms with Gasteiger partial charge in [0.05, 0.1) is 22.2 Å². The first-order valence-electron chi connectivity index (χ1n) is 11.0. The summed E-state index contributed by atoms with van der Waals surface area (Å²) in [5.74, 6) is -0.641. The van der Waals surface area contributed by atoms with Crippen LogP contribution in [-0.4, -0.2) is 49.4 Å². The van der Waals surface area contributed by atoms with Crippen molar-refractivity contribution in [3.63, 3.8) is 0 Å². The number of hydrogen-bond donors (Lipinski definition) is 0. The van der Waals surface area contributed by atoms with Crippen LogP contribution < -0.4 is 4.80 Å². The van der Waals surface area contributed by atoms with Gasteiger partial charge in [-0.2, -0.15) is 9.30 Å². The van der Waals surface area contributed by atoms with Gasteiger partial charge in [0.1, 0.15) is 6.54 Å². The molecule has 34 heavy (non-hydrogen) atoms. The van der Waals surface area contributed by atoms with Crippen LogP contribution in [0.1, 0.15) is 35.7 Å². The smallest absolute Gasteiger partial charge is 0.325 e. The highest BCUT2D eigenvalue weighted by Crippen LogP contribution is 2.24. The average Bonchev–Trinajstić information content (AvgIpc) is 3.14. The van der Waals surface area contributed by atoms with Gasteiger partial charge >= 0.3 is 5.97 Å². The van der Waals surface area contributed by atoms with E-state index < -0.39 is 21.9 Å². The van der Waals surface area contributed by atoms with E-state index in [0.29, 0.717) is 23.8 Å². The number of carbonyl (C=O) groups excluding carboxylic acids is 2. The number of rotatable bonds is 5. The van der Waals surface area contributed by atoms with Crippen LogP contribution >= 0.6 is 11.3 Å². The molecule has 2 aromatic carbocycles. The molecule has 0 N–H and O–H groups in total. The molecule has 0 spiro atoms. The second kappa shape index (κ2) is 9.81. The number of esters is 1. The zero-order valence-corrected chi connectivity index (χ0v) is 21.0. The van der Waals surface area contributed by atoms with Crippen molar-refractivity contribution in [3.8, 4) is 0 Å². The summed E-state index contributed by atoms with van der Waals surface area (Å²) in [5.41, 5.74) is 2.10. The molecule has 1 aliphatic heterocycles. The lowest BCUT2D eigenvalue weighted by Crippen LogP contribution is -2.39. The topological polar surface area (TPSA) is 98.0 Å². The first-order chi connectivity index (χ1) is 16.2. The Kier molecular flexibility index (Phi) is 7.01. The van der Waals surface area contributed by atoms with Crippen molar-refractivity contribution in [3.05, 3.63) is 58.4 Å². The fourth-order valence-electron chi connectivity index (χ4n) is 4.05. The molecule has 0 unspecified atom stereocenters. The minimum Gasteiger partial charge on any atom is -0.468 e. The van der Waals surface area contributed by atoms with Crippen molar-refractivity contribution in [1.29, 1.82) is 0 Å². The number of piperidine rings is 1. The minimum absolute atomic E-state index is 0.0723. The van der Waals surface area contributed by atoms with Crippen molar-refractivity contribution in [1.82, 2.24) is 8.87 Å². The van der Waals surface area contributed by atoms with E-state index in [1.165, 1.54) is 47.0 Å². The molecule has 3 aromatic rings. The SMILES string of the molecule is COC(=O)Cn1c(=NC(=O)c2ccc(S(=O)(=O)N3CCC[C@H](C)C3)cc2)sc2cc(C)ccc21. The van der Waals surface area contributed by atoms with Gasteiger partial charge in [-0.05, 0) is 67.6 Å². The Hall–Kier alpha value is -2.82. The molecule has 10 heteroatoms. The third-order valence-electron chi connectivity index (χ3n) is 5.91. The van der Waals surface area contributed by atoms with E-state index in [1.54, 1.807) is 4.57 Å². The average molecular weight is 502 g/mol. The van der Waals surface area contributed by atoms with E-state index in [1.807, 2.05) is 32.0 Å². The number of methoxy groups -OCH3 is 1. The van der Waals surface area contributed by atoms with E-state index in [-0.39, 0.29) is 17.0 Å². The second-order valence-corrected chi connectivity index (χ2v) is 11.5. The van der Waals surface area contributed by atoms with Gasteiger partial charge in [0, 0.05) is 18.7 Å². The van der Waals surface area contributed by atoms with Crippen molar-refractivity contribution in [2.45, 2.75) is 38.1 Å². The van der Waals surface area contributed by atoms with Gasteiger partial charge in [-0.3, -0.25) is 9.59 Å². The summed E-state index contributed by atoms with van der Waals surface area (Å²) in [4.78, 5) is 29.7. The molecule has 8 nitrogen and oxygen atoms in total. The lowest BCUT2D eigenvalue weighted by atomic mass is 10.0. The predicted molar refractivity (Wildman–Crippen MR) is 130 cm³/mol. The molecule has 1 fully saturated rings. The summed E-state index contributed by atoms with van der Waals surface area (Å²) in [6.07, 6.45) is 1.87. The molecule has 4 rings (SSSR count). The first-order valence-corrected chi connectivity index (χ1v) is 13.3. The van der Waals surface area contributed by atoms with Crippen LogP contribution in [0.2, 0.25) is 0 Å². The maximum Gasteiger partial charge on any atom is 0.325 e. The Labute approximate surface area is 202 Å². The minimum atomic E-state index is -3.60. The van der Waals surface area contributed by atoms with Gasteiger partial charge in [-0.25, -0.2) is 8.42 Å². The Balaban J connectivity index is 1.65. The number of fused-ring (bicyclic) bond motifs is 1. The molecule has 2 heterocycles. The number of benzene rings is 2. The monoisotopic (exact) mass is 501 g/mol. The summed E-state index contributed by atoms with van der Waals surface area (Å²) in [7, 11) is -2.29. The normalized spacial score (nSPS) is 17.7. The number of sulfonamides is 1. The van der Waals surface area contributed by atoms with Crippen molar-refractivity contribution in [2.24, 2.45) is 10.9 Å². The van der Waals surface area contributed by atoms with Crippen LogP contribution in [0.25, 0.3) is 10.2 Å². The summed E-state index contributed by atoms with van der Waals surface area (Å²) in [5, 5.41) is 0. The number of hydrogen-bond acceptors (Lipinski definition) is 6. The van der Waals surface area contributed by atoms with E-state index in [9.17, 15) is 18.0 Å². The lowest BCUT2D eigenvalue weighted by molar-refractivity contribution is -0.141. The zero-order valence-electron chi connectivity index (χ0n) is 19.4. The lowest BCUT2D eigenvalue weighted by Gasteiger charge is -2.30. The molecule has 0 bridgehead atoms. The van der Waals surface area contributed by atoms with Crippen LogP contribution in [-0.2, 0) is 26.1 Å². The highest BCUT2D eigenvalue weighted by molar-refractivity contribution is 7.89. The van der Waals surface area contributed by atoms with Gasteiger partial charge in [-0.1, -0.05) is 24.3 Å². The van der Waals surface area contributed by atoms with Crippen LogP contribution in [0.3, 0.4) is 0 Å². The molecule has 1 aliphatic rings. The molecule has 1 atom stereocenters. The Morgan fingerprint density at radius 3 is 2.59 bits per heavy atom. The summed E-state index contributed by atoms with van der Waals surface area (Å²) in [6.45, 7) is 4.95. The molecule has 1 aromatic heterocycles. The van der Waals surface area contributed by atoms with Crippen LogP contribution in [0, 0.1) is 12.8 Å². The number of aryl methyl sites for hydroxylation is 1. The van der Waals surface area contributed by atoms with Crippen molar-refractivity contribution >= 4 is 43.5 Å². The Morgan fingerprint density at radius 2 is 1.91 bits per heavy atom. The van der Waals surface area contributed by atoms with E-state index >= 15 is 0 Å². The third-order valence-corrected chi connectivity index (χ3v) is 8.83. The number of amides is 1. The van der Waals surface area contributed by atoms with Crippen molar-refractivity contribution in [2.75, 3.05) is 20.2 Å². The fraction of sp³-hybridized carbons (Fsp3) is 0.375. The maximum atomic E-state index is 13.0. The van der Waals surface area contributed by atoms with Gasteiger partial charge in [0.2, 0.25) is 10.0 Å². The summed E-state index contributed by atoms with van der Waals surface area (Å²) >= 11 is 1.31. The third kappa shape index (κ3) is 4.98. The molecule has 0 saturated carbocycles. The fourth-order valence-corrected chi connectivity index (χ4v) is 6.77. The van der Waals surface area contributed by atoms with E-state index in [2.05, 4.69) is 4.99 Å². The molecule has 0 radical (unpaired) electrons. The van der Waals surface area contributed by atoms with Crippen LogP contribution in [0.4, 0.5) is 0 Å². The van der Waals surface area contributed by atoms with Gasteiger partial charge in [0.15, 0.2) is 4.80 Å². The van der Waals surface area contributed by atoms with Gasteiger partial charge in [0.25, 0.3) is 5.91 Å². The highest BCUT2D eigenvalue weighted by Gasteiger charge is 2.28. The van der Waals surface area contributed by atoms with Crippen LogP contribution in [0.5, 0.6) is 0 Å². The number of carbonyl (C=O) groups is 2. The Morgan fingerprint density at radius 1 is 1.18 bits per heavy atom. The van der Waals surface area contributed by atoms with E-state index in [4.69, 9.17) is 4.74 Å². The van der Waals surface area contributed by atoms with Crippen molar-refractivity contribution < 1.29 is 22.7 Å². The first kappa shape index (κ1) is 24.3. The second-order valence-electron chi connectivity index (χ2n) is 8.57. The molecule has 180 valence electrons. The number of ether oxygens (including phenoxy) is 1. The zero-order chi connectivity index (χ0) is 24.5. The van der Waals surface area contributed by atoms with Crippen LogP contribution in [0.15, 0.2) is 52.4 Å². The van der Waals surface area contributed by atoms with Gasteiger partial charge < -0.3 is 9.30 Å². The number of thiazole rings is 1. The standard InChI is InChI=1S/C24H27N3O5S2/c1-16-6-11-20-21(13-16)33-24(27(20)15-22(28)32-3)25-23(29)18-7-9-19(10-8-18)34(30,31)26-12-4-5-17(2)14-26/h6-11,13,17H,4-5,12,14-15H2,1-3H3/t17-/m0/s1. The largest absolute Gasteiger partial charge is 0.468 e. The number of aromatic nitrogens is 1. The van der Waals surface area contributed by atoms with Gasteiger partial charge in [-0.15, -0.1) is 0 Å². The Bertz CT molecular complexity index is 1400. The summed E-state index contributed by atoms with van der Waals surface area (Å²) < 4.78 is 34.8. The number of nitrogens with zero attached hydrogens (tertiary/aromatic N) is 3. The molecular weight excluding hydrogens is 474 g/mol. The highest BCUT2D eigenvalue weighted by atomic mass is 32.2. The molecule has 0 aliphatic carbocycles. The quantitative estimate of drug-likeness (QED) is 0.500. The molecular formula is C24H27N3O5S2. The molecule has 1 amide bonds. The van der Waals surface area contributed by atoms with E-state index in [0.717, 1.165) is 28.6 Å². The predicted octanol–water partition coefficient (Wildman–Crippen LogP) is 3.35. The molecule has 1 saturated heterocycles. The maximum absolute atomic E-state index is 13.0. The summed E-state index contributed by atoms with van der Waals surface area (Å²) in [6, 6.07) is 11.6.